The number of rotatable bonds is 9. The fraction of sp³-hybridized carbons (Fsp3) is 0.409. The van der Waals surface area contributed by atoms with Crippen molar-refractivity contribution in [2.45, 2.75) is 42.9 Å². The van der Waals surface area contributed by atoms with E-state index in [0.29, 0.717) is 11.8 Å². The predicted molar refractivity (Wildman–Crippen MR) is 123 cm³/mol. The van der Waals surface area contributed by atoms with E-state index in [0.717, 1.165) is 40.5 Å². The Bertz CT molecular complexity index is 817. The van der Waals surface area contributed by atoms with Crippen LogP contribution in [-0.2, 0) is 10.5 Å². The van der Waals surface area contributed by atoms with Gasteiger partial charge in [-0.15, -0.1) is 11.8 Å². The molecule has 0 aromatic heterocycles. The number of thioether (sulfide) groups is 1. The Hall–Kier alpha value is -1.83. The Morgan fingerprint density at radius 3 is 2.83 bits per heavy atom. The molecular weight excluding hydrogens is 404 g/mol. The molecule has 1 heterocycles. The highest BCUT2D eigenvalue weighted by molar-refractivity contribution is 7.99. The van der Waals surface area contributed by atoms with Crippen LogP contribution in [0, 0.1) is 0 Å². The molecule has 5 nitrogen and oxygen atoms in total. The molecule has 0 aliphatic carbocycles. The Balaban J connectivity index is 1.95. The molecule has 0 spiro atoms. The molecule has 7 heteroatoms. The van der Waals surface area contributed by atoms with Crippen LogP contribution in [0.3, 0.4) is 0 Å². The van der Waals surface area contributed by atoms with Crippen LogP contribution in [0.25, 0.3) is 0 Å². The third-order valence-electron chi connectivity index (χ3n) is 4.85. The van der Waals surface area contributed by atoms with Crippen LogP contribution in [0.5, 0.6) is 5.75 Å². The highest BCUT2D eigenvalue weighted by atomic mass is 32.2. The van der Waals surface area contributed by atoms with Crippen LogP contribution in [0.1, 0.15) is 31.7 Å². The molecule has 1 aliphatic rings. The molecule has 2 aromatic rings. The van der Waals surface area contributed by atoms with Crippen LogP contribution < -0.4 is 14.4 Å². The molecule has 1 unspecified atom stereocenters. The largest absolute Gasteiger partial charge is 0.496 e. The molecule has 0 saturated carbocycles. The van der Waals surface area contributed by atoms with E-state index in [4.69, 9.17) is 9.84 Å². The lowest BCUT2D eigenvalue weighted by Crippen LogP contribution is -2.34. The van der Waals surface area contributed by atoms with Crippen molar-refractivity contribution in [3.63, 3.8) is 0 Å². The first-order chi connectivity index (χ1) is 14.1. The van der Waals surface area contributed by atoms with E-state index in [9.17, 15) is 4.79 Å². The highest BCUT2D eigenvalue weighted by Crippen LogP contribution is 2.41. The number of hydrogen-bond donors (Lipinski definition) is 2. The zero-order chi connectivity index (χ0) is 20.6. The first-order valence-corrected chi connectivity index (χ1v) is 11.8. The molecule has 3 rings (SSSR count). The number of anilines is 2. The van der Waals surface area contributed by atoms with Crippen molar-refractivity contribution in [2.75, 3.05) is 24.3 Å². The van der Waals surface area contributed by atoms with Gasteiger partial charge in [-0.3, -0.25) is 9.52 Å². The van der Waals surface area contributed by atoms with Gasteiger partial charge < -0.3 is 14.7 Å². The van der Waals surface area contributed by atoms with Gasteiger partial charge in [0.2, 0.25) is 0 Å². The standard InChI is InChI=1S/C22H28N2O3S2/c1-3-4-8-17-13-24(18-9-6-5-7-10-18)19-12-20(27-2)16(11-21(19)29-23-17)14-28-15-22(25)26/h5-7,9-12,17,23H,3-4,8,13-15H2,1-2H3,(H,25,26). The maximum Gasteiger partial charge on any atom is 0.313 e. The van der Waals surface area contributed by atoms with Crippen molar-refractivity contribution in [1.82, 2.24) is 4.72 Å². The highest BCUT2D eigenvalue weighted by Gasteiger charge is 2.25. The molecule has 0 radical (unpaired) electrons. The van der Waals surface area contributed by atoms with E-state index in [1.165, 1.54) is 24.6 Å². The van der Waals surface area contributed by atoms with E-state index >= 15 is 0 Å². The third kappa shape index (κ3) is 5.84. The zero-order valence-electron chi connectivity index (χ0n) is 16.9. The Morgan fingerprint density at radius 1 is 1.34 bits per heavy atom. The number of hydrogen-bond acceptors (Lipinski definition) is 6. The molecule has 2 N–H and O–H groups in total. The van der Waals surface area contributed by atoms with E-state index in [2.05, 4.69) is 52.9 Å². The number of ether oxygens (including phenoxy) is 1. The average molecular weight is 433 g/mol. The summed E-state index contributed by atoms with van der Waals surface area (Å²) in [4.78, 5) is 14.4. The first kappa shape index (κ1) is 21.9. The Kier molecular flexibility index (Phi) is 8.15. The molecule has 0 amide bonds. The number of carboxylic acids is 1. The van der Waals surface area contributed by atoms with Crippen molar-refractivity contribution in [3.8, 4) is 5.75 Å². The third-order valence-corrected chi connectivity index (χ3v) is 6.81. The Labute approximate surface area is 181 Å². The van der Waals surface area contributed by atoms with Crippen molar-refractivity contribution >= 4 is 41.1 Å². The maximum atomic E-state index is 10.9. The second-order valence-electron chi connectivity index (χ2n) is 7.02. The topological polar surface area (TPSA) is 61.8 Å². The fourth-order valence-electron chi connectivity index (χ4n) is 3.39. The number of aliphatic carboxylic acids is 1. The van der Waals surface area contributed by atoms with Gasteiger partial charge in [-0.1, -0.05) is 38.0 Å². The molecule has 2 aromatic carbocycles. The second kappa shape index (κ2) is 10.8. The number of fused-ring (bicyclic) bond motifs is 1. The van der Waals surface area contributed by atoms with Crippen molar-refractivity contribution < 1.29 is 14.6 Å². The summed E-state index contributed by atoms with van der Waals surface area (Å²) in [5, 5.41) is 8.94. The molecule has 29 heavy (non-hydrogen) atoms. The number of nitrogens with zero attached hydrogens (tertiary/aromatic N) is 1. The fourth-order valence-corrected chi connectivity index (χ4v) is 5.07. The lowest BCUT2D eigenvalue weighted by molar-refractivity contribution is -0.133. The molecule has 0 fully saturated rings. The SMILES string of the molecule is CCCCC1CN(c2ccccc2)c2cc(OC)c(CSCC(=O)O)cc2SN1. The summed E-state index contributed by atoms with van der Waals surface area (Å²) in [5.74, 6) is 0.693. The number of carbonyl (C=O) groups is 1. The second-order valence-corrected chi connectivity index (χ2v) is 8.89. The number of methoxy groups -OCH3 is 1. The van der Waals surface area contributed by atoms with Gasteiger partial charge in [0.15, 0.2) is 0 Å². The van der Waals surface area contributed by atoms with Crippen LogP contribution in [0.4, 0.5) is 11.4 Å². The van der Waals surface area contributed by atoms with Crippen LogP contribution in [0.2, 0.25) is 0 Å². The van der Waals surface area contributed by atoms with Gasteiger partial charge in [-0.05, 0) is 36.6 Å². The molecule has 1 aliphatic heterocycles. The molecular formula is C22H28N2O3S2. The predicted octanol–water partition coefficient (Wildman–Crippen LogP) is 5.32. The number of nitrogens with one attached hydrogen (secondary N) is 1. The van der Waals surface area contributed by atoms with Crippen LogP contribution >= 0.6 is 23.7 Å². The van der Waals surface area contributed by atoms with E-state index in [1.54, 1.807) is 19.1 Å². The van der Waals surface area contributed by atoms with Crippen molar-refractivity contribution in [1.29, 1.82) is 0 Å². The zero-order valence-corrected chi connectivity index (χ0v) is 18.5. The summed E-state index contributed by atoms with van der Waals surface area (Å²) >= 11 is 3.05. The molecule has 156 valence electrons. The maximum absolute atomic E-state index is 10.9. The summed E-state index contributed by atoms with van der Waals surface area (Å²) in [7, 11) is 1.67. The lowest BCUT2D eigenvalue weighted by atomic mass is 10.1. The van der Waals surface area contributed by atoms with Gasteiger partial charge >= 0.3 is 5.97 Å². The van der Waals surface area contributed by atoms with Gasteiger partial charge in [0, 0.05) is 40.6 Å². The number of para-hydroxylation sites is 1. The van der Waals surface area contributed by atoms with Gasteiger partial charge in [0.05, 0.1) is 18.6 Å². The van der Waals surface area contributed by atoms with Crippen molar-refractivity contribution in [3.05, 3.63) is 48.0 Å². The molecule has 0 bridgehead atoms. The van der Waals surface area contributed by atoms with E-state index < -0.39 is 5.97 Å². The van der Waals surface area contributed by atoms with Gasteiger partial charge in [0.25, 0.3) is 0 Å². The van der Waals surface area contributed by atoms with E-state index in [1.807, 2.05) is 6.07 Å². The first-order valence-electron chi connectivity index (χ1n) is 9.87. The molecule has 0 saturated heterocycles. The quantitative estimate of drug-likeness (QED) is 0.520. The van der Waals surface area contributed by atoms with Gasteiger partial charge in [-0.25, -0.2) is 0 Å². The summed E-state index contributed by atoms with van der Waals surface area (Å²) in [6.07, 6.45) is 3.50. The monoisotopic (exact) mass is 432 g/mol. The normalized spacial score (nSPS) is 16.2. The summed E-state index contributed by atoms with van der Waals surface area (Å²) in [6.45, 7) is 3.11. The van der Waals surface area contributed by atoms with Gasteiger partial charge in [-0.2, -0.15) is 0 Å². The molecule has 1 atom stereocenters. The number of unbranched alkanes of at least 4 members (excludes halogenated alkanes) is 1. The summed E-state index contributed by atoms with van der Waals surface area (Å²) in [6, 6.07) is 15.1. The average Bonchev–Trinajstić information content (AvgIpc) is 2.91. The summed E-state index contributed by atoms with van der Waals surface area (Å²) < 4.78 is 9.31. The number of carboxylic acid groups (broad SMARTS) is 1. The van der Waals surface area contributed by atoms with E-state index in [-0.39, 0.29) is 5.75 Å². The minimum atomic E-state index is -0.797. The number of benzene rings is 2. The summed E-state index contributed by atoms with van der Waals surface area (Å²) in [5.41, 5.74) is 3.30. The van der Waals surface area contributed by atoms with Crippen LogP contribution in [0.15, 0.2) is 47.4 Å². The van der Waals surface area contributed by atoms with Crippen molar-refractivity contribution in [2.24, 2.45) is 0 Å². The van der Waals surface area contributed by atoms with Crippen LogP contribution in [-0.4, -0.2) is 36.5 Å². The minimum absolute atomic E-state index is 0.0842. The Morgan fingerprint density at radius 2 is 2.14 bits per heavy atom. The minimum Gasteiger partial charge on any atom is -0.496 e. The lowest BCUT2D eigenvalue weighted by Gasteiger charge is -2.28. The van der Waals surface area contributed by atoms with Gasteiger partial charge in [0.1, 0.15) is 5.75 Å². The smallest absolute Gasteiger partial charge is 0.313 e.